The van der Waals surface area contributed by atoms with Gasteiger partial charge in [0, 0.05) is 0 Å². The van der Waals surface area contributed by atoms with E-state index in [4.69, 9.17) is 10.5 Å². The number of ether oxygens (including phenoxy) is 1. The molecule has 4 nitrogen and oxygen atoms in total. The standard InChI is InChI=1S/C7H14N2O2/c8-7(10)5-11-6-1-3-9-4-2-6/h6,9H,1-5H2,(H2,8,10). The predicted molar refractivity (Wildman–Crippen MR) is 41.0 cm³/mol. The third kappa shape index (κ3) is 3.34. The first-order valence-electron chi connectivity index (χ1n) is 3.89. The summed E-state index contributed by atoms with van der Waals surface area (Å²) in [4.78, 5) is 10.3. The molecule has 3 N–H and O–H groups in total. The van der Waals surface area contributed by atoms with Crippen LogP contribution >= 0.6 is 0 Å². The van der Waals surface area contributed by atoms with Crippen LogP contribution in [0.3, 0.4) is 0 Å². The molecule has 0 saturated carbocycles. The third-order valence-electron chi connectivity index (χ3n) is 1.75. The van der Waals surface area contributed by atoms with E-state index >= 15 is 0 Å². The Morgan fingerprint density at radius 1 is 1.55 bits per heavy atom. The highest BCUT2D eigenvalue weighted by Crippen LogP contribution is 2.05. The second-order valence-corrected chi connectivity index (χ2v) is 2.73. The van der Waals surface area contributed by atoms with E-state index in [9.17, 15) is 4.79 Å². The second kappa shape index (κ2) is 4.31. The lowest BCUT2D eigenvalue weighted by atomic mass is 10.1. The maximum absolute atomic E-state index is 10.3. The SMILES string of the molecule is NC(=O)COC1CCNCC1. The number of carbonyl (C=O) groups excluding carboxylic acids is 1. The van der Waals surface area contributed by atoms with Crippen molar-refractivity contribution in [3.63, 3.8) is 0 Å². The maximum atomic E-state index is 10.3. The zero-order chi connectivity index (χ0) is 8.10. The lowest BCUT2D eigenvalue weighted by molar-refractivity contribution is -0.125. The first kappa shape index (κ1) is 8.49. The molecular weight excluding hydrogens is 144 g/mol. The van der Waals surface area contributed by atoms with E-state index in [0.717, 1.165) is 25.9 Å². The topological polar surface area (TPSA) is 64.4 Å². The molecule has 1 fully saturated rings. The highest BCUT2D eigenvalue weighted by atomic mass is 16.5. The average molecular weight is 158 g/mol. The largest absolute Gasteiger partial charge is 0.368 e. The summed E-state index contributed by atoms with van der Waals surface area (Å²) < 4.78 is 5.23. The molecule has 0 aromatic carbocycles. The molecule has 1 aliphatic heterocycles. The number of hydrogen-bond donors (Lipinski definition) is 2. The second-order valence-electron chi connectivity index (χ2n) is 2.73. The number of piperidine rings is 1. The van der Waals surface area contributed by atoms with Crippen LogP contribution < -0.4 is 11.1 Å². The molecule has 0 unspecified atom stereocenters. The molecule has 0 aromatic rings. The molecular formula is C7H14N2O2. The van der Waals surface area contributed by atoms with Crippen molar-refractivity contribution in [2.24, 2.45) is 5.73 Å². The summed E-state index contributed by atoms with van der Waals surface area (Å²) in [5, 5.41) is 3.21. The number of nitrogens with one attached hydrogen (secondary N) is 1. The van der Waals surface area contributed by atoms with Crippen molar-refractivity contribution in [1.82, 2.24) is 5.32 Å². The van der Waals surface area contributed by atoms with Crippen LogP contribution in [-0.4, -0.2) is 31.7 Å². The van der Waals surface area contributed by atoms with Crippen molar-refractivity contribution in [2.45, 2.75) is 18.9 Å². The van der Waals surface area contributed by atoms with Crippen molar-refractivity contribution < 1.29 is 9.53 Å². The Morgan fingerprint density at radius 2 is 2.18 bits per heavy atom. The van der Waals surface area contributed by atoms with Gasteiger partial charge in [-0.2, -0.15) is 0 Å². The van der Waals surface area contributed by atoms with Crippen LogP contribution in [0, 0.1) is 0 Å². The fraction of sp³-hybridized carbons (Fsp3) is 0.857. The molecule has 1 saturated heterocycles. The van der Waals surface area contributed by atoms with Gasteiger partial charge in [0.15, 0.2) is 0 Å². The van der Waals surface area contributed by atoms with E-state index < -0.39 is 0 Å². The zero-order valence-corrected chi connectivity index (χ0v) is 6.51. The Bertz CT molecular complexity index is 132. The number of rotatable bonds is 3. The van der Waals surface area contributed by atoms with Crippen molar-refractivity contribution in [2.75, 3.05) is 19.7 Å². The van der Waals surface area contributed by atoms with E-state index in [1.54, 1.807) is 0 Å². The van der Waals surface area contributed by atoms with Gasteiger partial charge in [-0.3, -0.25) is 4.79 Å². The molecule has 4 heteroatoms. The highest BCUT2D eigenvalue weighted by Gasteiger charge is 2.13. The van der Waals surface area contributed by atoms with E-state index in [1.807, 2.05) is 0 Å². The Morgan fingerprint density at radius 3 is 2.73 bits per heavy atom. The van der Waals surface area contributed by atoms with Crippen LogP contribution in [0.5, 0.6) is 0 Å². The minimum absolute atomic E-state index is 0.0602. The molecule has 64 valence electrons. The molecule has 0 aromatic heterocycles. The average Bonchev–Trinajstić information content (AvgIpc) is 2.03. The Hall–Kier alpha value is -0.610. The minimum Gasteiger partial charge on any atom is -0.368 e. The predicted octanol–water partition coefficient (Wildman–Crippen LogP) is -0.760. The zero-order valence-electron chi connectivity index (χ0n) is 6.51. The molecule has 0 spiro atoms. The number of nitrogens with two attached hydrogens (primary N) is 1. The van der Waals surface area contributed by atoms with E-state index in [2.05, 4.69) is 5.32 Å². The molecule has 1 aliphatic rings. The maximum Gasteiger partial charge on any atom is 0.243 e. The lowest BCUT2D eigenvalue weighted by Crippen LogP contribution is -2.34. The van der Waals surface area contributed by atoms with E-state index in [0.29, 0.717) is 0 Å². The van der Waals surface area contributed by atoms with Crippen LogP contribution in [0.1, 0.15) is 12.8 Å². The molecule has 1 amide bonds. The molecule has 0 atom stereocenters. The summed E-state index contributed by atoms with van der Waals surface area (Å²) in [5.74, 6) is -0.386. The molecule has 1 heterocycles. The number of carbonyl (C=O) groups is 1. The van der Waals surface area contributed by atoms with Crippen molar-refractivity contribution in [1.29, 1.82) is 0 Å². The molecule has 0 aliphatic carbocycles. The van der Waals surface area contributed by atoms with Crippen LogP contribution in [0.2, 0.25) is 0 Å². The first-order valence-corrected chi connectivity index (χ1v) is 3.89. The Labute approximate surface area is 66.1 Å². The van der Waals surface area contributed by atoms with Crippen LogP contribution in [0.4, 0.5) is 0 Å². The summed E-state index contributed by atoms with van der Waals surface area (Å²) in [7, 11) is 0. The van der Waals surface area contributed by atoms with Gasteiger partial charge in [-0.1, -0.05) is 0 Å². The molecule has 11 heavy (non-hydrogen) atoms. The van der Waals surface area contributed by atoms with Gasteiger partial charge in [0.25, 0.3) is 0 Å². The summed E-state index contributed by atoms with van der Waals surface area (Å²) >= 11 is 0. The minimum atomic E-state index is -0.386. The van der Waals surface area contributed by atoms with Gasteiger partial charge in [0.05, 0.1) is 6.10 Å². The van der Waals surface area contributed by atoms with Gasteiger partial charge in [-0.05, 0) is 25.9 Å². The lowest BCUT2D eigenvalue weighted by Gasteiger charge is -2.22. The monoisotopic (exact) mass is 158 g/mol. The summed E-state index contributed by atoms with van der Waals surface area (Å²) in [5.41, 5.74) is 4.93. The Balaban J connectivity index is 2.09. The highest BCUT2D eigenvalue weighted by molar-refractivity contribution is 5.74. The van der Waals surface area contributed by atoms with E-state index in [1.165, 1.54) is 0 Å². The van der Waals surface area contributed by atoms with Crippen LogP contribution in [0.25, 0.3) is 0 Å². The number of primary amides is 1. The van der Waals surface area contributed by atoms with Gasteiger partial charge < -0.3 is 15.8 Å². The quantitative estimate of drug-likeness (QED) is 0.567. The van der Waals surface area contributed by atoms with Crippen molar-refractivity contribution >= 4 is 5.91 Å². The van der Waals surface area contributed by atoms with Crippen molar-refractivity contribution in [3.8, 4) is 0 Å². The summed E-state index contributed by atoms with van der Waals surface area (Å²) in [6.07, 6.45) is 2.18. The molecule has 0 bridgehead atoms. The summed E-state index contributed by atoms with van der Waals surface area (Å²) in [6.45, 7) is 2.01. The number of amides is 1. The fourth-order valence-corrected chi connectivity index (χ4v) is 1.16. The molecule has 0 radical (unpaired) electrons. The first-order chi connectivity index (χ1) is 5.29. The van der Waals surface area contributed by atoms with Crippen LogP contribution in [0.15, 0.2) is 0 Å². The van der Waals surface area contributed by atoms with Gasteiger partial charge in [-0.25, -0.2) is 0 Å². The van der Waals surface area contributed by atoms with Gasteiger partial charge in [0.1, 0.15) is 6.61 Å². The van der Waals surface area contributed by atoms with Gasteiger partial charge in [0.2, 0.25) is 5.91 Å². The van der Waals surface area contributed by atoms with Crippen molar-refractivity contribution in [3.05, 3.63) is 0 Å². The van der Waals surface area contributed by atoms with Gasteiger partial charge in [-0.15, -0.1) is 0 Å². The van der Waals surface area contributed by atoms with Crippen LogP contribution in [-0.2, 0) is 9.53 Å². The smallest absolute Gasteiger partial charge is 0.243 e. The van der Waals surface area contributed by atoms with Gasteiger partial charge >= 0.3 is 0 Å². The Kier molecular flexibility index (Phi) is 3.32. The third-order valence-corrected chi connectivity index (χ3v) is 1.75. The van der Waals surface area contributed by atoms with E-state index in [-0.39, 0.29) is 18.6 Å². The molecule has 1 rings (SSSR count). The normalized spacial score (nSPS) is 20.0. The number of hydrogen-bond acceptors (Lipinski definition) is 3. The summed E-state index contributed by atoms with van der Waals surface area (Å²) in [6, 6.07) is 0. The fourth-order valence-electron chi connectivity index (χ4n) is 1.16.